The van der Waals surface area contributed by atoms with Gasteiger partial charge in [0.15, 0.2) is 6.54 Å². The van der Waals surface area contributed by atoms with Crippen LogP contribution in [-0.4, -0.2) is 29.4 Å². The molecule has 4 amide bonds. The maximum Gasteiger partial charge on any atom is 0.344 e. The number of imide groups is 1. The number of carbonyl (C=O) groups is 3. The summed E-state index contributed by atoms with van der Waals surface area (Å²) in [4.78, 5) is 38.2. The van der Waals surface area contributed by atoms with Gasteiger partial charge in [0.2, 0.25) is 0 Å². The lowest BCUT2D eigenvalue weighted by atomic mass is 9.87. The van der Waals surface area contributed by atoms with E-state index < -0.39 is 23.4 Å². The lowest BCUT2D eigenvalue weighted by molar-refractivity contribution is -0.692. The van der Waals surface area contributed by atoms with Crippen molar-refractivity contribution < 1.29 is 19.7 Å². The molecule has 1 heterocycles. The van der Waals surface area contributed by atoms with Crippen molar-refractivity contribution in [2.75, 3.05) is 6.54 Å². The van der Waals surface area contributed by atoms with Gasteiger partial charge >= 0.3 is 6.03 Å². The molecule has 7 heteroatoms. The highest BCUT2D eigenvalue weighted by Crippen LogP contribution is 2.31. The van der Waals surface area contributed by atoms with Gasteiger partial charge in [-0.1, -0.05) is 81.4 Å². The Labute approximate surface area is 176 Å². The van der Waals surface area contributed by atoms with Gasteiger partial charge in [-0.2, -0.15) is 5.01 Å². The minimum atomic E-state index is -1.17. The average molecular weight is 410 g/mol. The first kappa shape index (κ1) is 21.5. The summed E-state index contributed by atoms with van der Waals surface area (Å²) in [6.07, 6.45) is 0.378. The van der Waals surface area contributed by atoms with Gasteiger partial charge < -0.3 is 10.6 Å². The maximum absolute atomic E-state index is 13.1. The third kappa shape index (κ3) is 4.21. The number of nitrogens with zero attached hydrogens (tertiary/aromatic N) is 1. The predicted octanol–water partition coefficient (Wildman–Crippen LogP) is 1.84. The van der Waals surface area contributed by atoms with Gasteiger partial charge in [-0.05, 0) is 12.0 Å². The average Bonchev–Trinajstić information content (AvgIpc) is 3.00. The summed E-state index contributed by atoms with van der Waals surface area (Å²) < 4.78 is 0. The molecule has 1 aliphatic rings. The van der Waals surface area contributed by atoms with Crippen molar-refractivity contribution in [1.82, 2.24) is 15.8 Å². The number of urea groups is 1. The number of hydrogen-bond acceptors (Lipinski definition) is 3. The van der Waals surface area contributed by atoms with Crippen LogP contribution in [0.5, 0.6) is 0 Å². The lowest BCUT2D eigenvalue weighted by Crippen LogP contribution is -2.88. The van der Waals surface area contributed by atoms with Crippen LogP contribution in [-0.2, 0) is 15.1 Å². The zero-order valence-corrected chi connectivity index (χ0v) is 17.6. The molecule has 3 rings (SSSR count). The Morgan fingerprint density at radius 3 is 2.23 bits per heavy atom. The van der Waals surface area contributed by atoms with Gasteiger partial charge in [0.05, 0.1) is 0 Å². The summed E-state index contributed by atoms with van der Waals surface area (Å²) >= 11 is 0. The zero-order chi connectivity index (χ0) is 21.7. The highest BCUT2D eigenvalue weighted by molar-refractivity contribution is 6.08. The van der Waals surface area contributed by atoms with Gasteiger partial charge in [0.25, 0.3) is 11.8 Å². The van der Waals surface area contributed by atoms with Crippen LogP contribution in [0.4, 0.5) is 4.79 Å². The van der Waals surface area contributed by atoms with Gasteiger partial charge in [0.1, 0.15) is 11.6 Å². The molecule has 2 aromatic carbocycles. The van der Waals surface area contributed by atoms with E-state index in [-0.39, 0.29) is 12.6 Å². The van der Waals surface area contributed by atoms with Crippen LogP contribution in [0, 0.1) is 5.92 Å². The third-order valence-electron chi connectivity index (χ3n) is 5.58. The van der Waals surface area contributed by atoms with Crippen molar-refractivity contribution in [2.45, 2.75) is 38.8 Å². The first-order valence-corrected chi connectivity index (χ1v) is 10.3. The summed E-state index contributed by atoms with van der Waals surface area (Å²) in [5.41, 5.74) is 3.14. The molecule has 0 radical (unpaired) electrons. The topological polar surface area (TPSA) is 95.1 Å². The number of rotatable bonds is 8. The molecule has 7 nitrogen and oxygen atoms in total. The molecular weight excluding hydrogens is 380 g/mol. The second-order valence-electron chi connectivity index (χ2n) is 7.85. The number of amides is 4. The summed E-state index contributed by atoms with van der Waals surface area (Å²) in [6.45, 7) is 6.12. The van der Waals surface area contributed by atoms with E-state index in [1.165, 1.54) is 0 Å². The third-order valence-corrected chi connectivity index (χ3v) is 5.58. The molecule has 0 spiro atoms. The Balaban J connectivity index is 1.68. The fraction of sp³-hybridized carbons (Fsp3) is 0.348. The second kappa shape index (κ2) is 9.09. The molecule has 158 valence electrons. The van der Waals surface area contributed by atoms with E-state index in [0.29, 0.717) is 17.9 Å². The number of hydrazine groups is 1. The normalized spacial score (nSPS) is 19.7. The van der Waals surface area contributed by atoms with E-state index in [2.05, 4.69) is 24.6 Å². The van der Waals surface area contributed by atoms with E-state index in [0.717, 1.165) is 10.6 Å². The molecule has 0 saturated carbocycles. The second-order valence-corrected chi connectivity index (χ2v) is 7.85. The number of benzene rings is 2. The van der Waals surface area contributed by atoms with Gasteiger partial charge in [-0.3, -0.25) is 15.0 Å². The Hall–Kier alpha value is -3.19. The molecule has 0 unspecified atom stereocenters. The minimum absolute atomic E-state index is 0.0964. The fourth-order valence-electron chi connectivity index (χ4n) is 3.91. The largest absolute Gasteiger partial charge is 0.344 e. The van der Waals surface area contributed by atoms with Gasteiger partial charge in [-0.15, -0.1) is 0 Å². The van der Waals surface area contributed by atoms with Crippen molar-refractivity contribution in [3.05, 3.63) is 71.8 Å². The molecule has 4 N–H and O–H groups in total. The molecule has 2 aromatic rings. The van der Waals surface area contributed by atoms with Crippen molar-refractivity contribution in [1.29, 1.82) is 0 Å². The van der Waals surface area contributed by atoms with E-state index in [9.17, 15) is 14.4 Å². The van der Waals surface area contributed by atoms with Crippen molar-refractivity contribution in [3.8, 4) is 0 Å². The van der Waals surface area contributed by atoms with Crippen LogP contribution in [0.15, 0.2) is 60.7 Å². The fourth-order valence-corrected chi connectivity index (χ4v) is 3.91. The van der Waals surface area contributed by atoms with Crippen molar-refractivity contribution in [2.24, 2.45) is 5.92 Å². The van der Waals surface area contributed by atoms with E-state index in [1.807, 2.05) is 60.8 Å². The van der Waals surface area contributed by atoms with E-state index in [4.69, 9.17) is 0 Å². The summed E-state index contributed by atoms with van der Waals surface area (Å²) in [7, 11) is 0. The van der Waals surface area contributed by atoms with Crippen LogP contribution < -0.4 is 16.1 Å². The number of nitrogens with one attached hydrogen (secondary N) is 2. The monoisotopic (exact) mass is 409 g/mol. The SMILES string of the molecule is CC[C@@]1(c2ccccc2)NC(=O)N(NC(=O)C[NH2+][C@@H](c2ccccc2)C(C)C)C1=O. The molecule has 0 bridgehead atoms. The first-order valence-electron chi connectivity index (χ1n) is 10.3. The van der Waals surface area contributed by atoms with Crippen LogP contribution >= 0.6 is 0 Å². The van der Waals surface area contributed by atoms with Gasteiger partial charge in [-0.25, -0.2) is 4.79 Å². The minimum Gasteiger partial charge on any atom is -0.332 e. The Bertz CT molecular complexity index is 901. The number of nitrogens with two attached hydrogens (primary N) is 1. The Morgan fingerprint density at radius 2 is 1.67 bits per heavy atom. The molecular formula is C23H29N4O3+. The molecule has 0 aromatic heterocycles. The molecule has 1 fully saturated rings. The quantitative estimate of drug-likeness (QED) is 0.581. The van der Waals surface area contributed by atoms with Crippen LogP contribution in [0.25, 0.3) is 0 Å². The van der Waals surface area contributed by atoms with Crippen LogP contribution in [0.3, 0.4) is 0 Å². The highest BCUT2D eigenvalue weighted by Gasteiger charge is 2.52. The zero-order valence-electron chi connectivity index (χ0n) is 17.6. The van der Waals surface area contributed by atoms with E-state index >= 15 is 0 Å². The Morgan fingerprint density at radius 1 is 1.07 bits per heavy atom. The highest BCUT2D eigenvalue weighted by atomic mass is 16.2. The van der Waals surface area contributed by atoms with Crippen LogP contribution in [0.2, 0.25) is 0 Å². The maximum atomic E-state index is 13.1. The molecule has 0 aliphatic carbocycles. The van der Waals surface area contributed by atoms with Crippen molar-refractivity contribution >= 4 is 17.8 Å². The standard InChI is InChI=1S/C23H28N4O3/c1-4-23(18-13-9-6-10-14-18)21(29)27(22(30)25-23)26-19(28)15-24-20(16(2)3)17-11-7-5-8-12-17/h5-14,16,20,24H,4,15H2,1-3H3,(H,25,30)(H,26,28)/p+1/t20-,23+/m1/s1. The van der Waals surface area contributed by atoms with Crippen molar-refractivity contribution in [3.63, 3.8) is 0 Å². The molecule has 1 aliphatic heterocycles. The Kier molecular flexibility index (Phi) is 6.52. The number of hydrogen-bond donors (Lipinski definition) is 3. The predicted molar refractivity (Wildman–Crippen MR) is 113 cm³/mol. The summed E-state index contributed by atoms with van der Waals surface area (Å²) in [5, 5.41) is 5.49. The number of carbonyl (C=O) groups excluding carboxylic acids is 3. The molecule has 2 atom stereocenters. The van der Waals surface area contributed by atoms with E-state index in [1.54, 1.807) is 12.1 Å². The molecule has 1 saturated heterocycles. The lowest BCUT2D eigenvalue weighted by Gasteiger charge is -2.25. The molecule has 30 heavy (non-hydrogen) atoms. The number of quaternary nitrogens is 1. The van der Waals surface area contributed by atoms with Gasteiger partial charge in [0, 0.05) is 11.5 Å². The smallest absolute Gasteiger partial charge is 0.332 e. The van der Waals surface area contributed by atoms with Crippen LogP contribution in [0.1, 0.15) is 44.4 Å². The summed E-state index contributed by atoms with van der Waals surface area (Å²) in [6, 6.07) is 18.5. The summed E-state index contributed by atoms with van der Waals surface area (Å²) in [5.74, 6) is -0.569. The first-order chi connectivity index (χ1) is 14.4.